The Hall–Kier alpha value is -2.13. The molecule has 0 saturated carbocycles. The summed E-state index contributed by atoms with van der Waals surface area (Å²) in [5, 5.41) is 10.5. The van der Waals surface area contributed by atoms with E-state index in [9.17, 15) is 0 Å². The van der Waals surface area contributed by atoms with Crippen molar-refractivity contribution in [3.63, 3.8) is 0 Å². The maximum Gasteiger partial charge on any atom is 0.394 e. The molecule has 1 rings (SSSR count). The molecule has 5 N–H and O–H groups in total. The van der Waals surface area contributed by atoms with Crippen molar-refractivity contribution in [2.45, 2.75) is 0 Å². The first-order valence-electron chi connectivity index (χ1n) is 3.93. The normalized spacial score (nSPS) is 9.53. The lowest BCUT2D eigenvalue weighted by atomic mass is 10.2. The highest BCUT2D eigenvalue weighted by Crippen LogP contribution is 2.12. The highest BCUT2D eigenvalue weighted by atomic mass is 32.3. The molecule has 0 aliphatic heterocycles. The Morgan fingerprint density at radius 1 is 1.35 bits per heavy atom. The number of azide groups is 1. The van der Waals surface area contributed by atoms with Crippen molar-refractivity contribution in [3.05, 3.63) is 40.3 Å². The van der Waals surface area contributed by atoms with E-state index in [1.54, 1.807) is 24.3 Å². The summed E-state index contributed by atoms with van der Waals surface area (Å²) >= 11 is 0. The van der Waals surface area contributed by atoms with E-state index >= 15 is 0 Å². The second-order valence-corrected chi connectivity index (χ2v) is 3.49. The minimum absolute atomic E-state index is 0.00230. The summed E-state index contributed by atoms with van der Waals surface area (Å²) in [5.41, 5.74) is 14.4. The van der Waals surface area contributed by atoms with Crippen LogP contribution in [0.5, 0.6) is 0 Å². The first-order chi connectivity index (χ1) is 7.74. The summed E-state index contributed by atoms with van der Waals surface area (Å²) in [7, 11) is -4.67. The van der Waals surface area contributed by atoms with Gasteiger partial charge in [0.1, 0.15) is 5.84 Å². The van der Waals surface area contributed by atoms with Crippen LogP contribution in [-0.2, 0) is 10.4 Å². The molecule has 0 saturated heterocycles. The van der Waals surface area contributed by atoms with Gasteiger partial charge in [0.2, 0.25) is 0 Å². The molecule has 0 heterocycles. The quantitative estimate of drug-likeness (QED) is 0.156. The van der Waals surface area contributed by atoms with E-state index in [0.717, 1.165) is 0 Å². The van der Waals surface area contributed by atoms with E-state index in [2.05, 4.69) is 10.0 Å². The molecule has 1 aromatic rings. The summed E-state index contributed by atoms with van der Waals surface area (Å²) in [4.78, 5) is 2.62. The van der Waals surface area contributed by atoms with Crippen molar-refractivity contribution in [1.29, 1.82) is 5.41 Å². The van der Waals surface area contributed by atoms with Crippen LogP contribution >= 0.6 is 0 Å². The zero-order chi connectivity index (χ0) is 13.5. The first kappa shape index (κ1) is 14.9. The second-order valence-electron chi connectivity index (χ2n) is 2.60. The highest BCUT2D eigenvalue weighted by molar-refractivity contribution is 7.79. The van der Waals surface area contributed by atoms with Crippen LogP contribution in [-0.4, -0.2) is 23.4 Å². The lowest BCUT2D eigenvalue weighted by molar-refractivity contribution is 0.381. The summed E-state index contributed by atoms with van der Waals surface area (Å²) in [5.74, 6) is 0.00230. The van der Waals surface area contributed by atoms with Gasteiger partial charge in [0, 0.05) is 16.2 Å². The van der Waals surface area contributed by atoms with E-state index in [0.29, 0.717) is 11.3 Å². The Kier molecular flexibility index (Phi) is 5.64. The molecule has 10 heteroatoms. The van der Waals surface area contributed by atoms with Crippen molar-refractivity contribution in [2.75, 3.05) is 0 Å². The van der Waals surface area contributed by atoms with Crippen LogP contribution in [0, 0.1) is 5.41 Å². The van der Waals surface area contributed by atoms with Gasteiger partial charge in [-0.05, 0) is 5.53 Å². The van der Waals surface area contributed by atoms with Gasteiger partial charge in [-0.1, -0.05) is 29.4 Å². The first-order valence-corrected chi connectivity index (χ1v) is 5.33. The van der Waals surface area contributed by atoms with Crippen LogP contribution in [0.15, 0.2) is 29.4 Å². The molecule has 0 aliphatic rings. The third-order valence-electron chi connectivity index (χ3n) is 1.34. The molecule has 0 atom stereocenters. The molecular weight excluding hydrogens is 250 g/mol. The standard InChI is InChI=1S/C7H7N5.H2O4S/c8-7(9)5-1-3-6(4-2-5)11-12-10;1-5(2,3)4/h1-4H,(H3,8,9);(H2,1,2,3,4). The van der Waals surface area contributed by atoms with E-state index in [1.807, 2.05) is 0 Å². The third-order valence-corrected chi connectivity index (χ3v) is 1.34. The molecule has 0 spiro atoms. The number of nitrogens with one attached hydrogen (secondary N) is 1. The summed E-state index contributed by atoms with van der Waals surface area (Å²) in [6, 6.07) is 6.48. The molecule has 17 heavy (non-hydrogen) atoms. The van der Waals surface area contributed by atoms with Crippen molar-refractivity contribution in [1.82, 2.24) is 0 Å². The fourth-order valence-corrected chi connectivity index (χ4v) is 0.759. The third kappa shape index (κ3) is 8.84. The van der Waals surface area contributed by atoms with Crippen LogP contribution in [0.1, 0.15) is 5.56 Å². The van der Waals surface area contributed by atoms with E-state index in [-0.39, 0.29) is 5.84 Å². The molecule has 0 bridgehead atoms. The van der Waals surface area contributed by atoms with Gasteiger partial charge >= 0.3 is 10.4 Å². The number of nitrogens with zero attached hydrogens (tertiary/aromatic N) is 3. The Labute approximate surface area is 96.6 Å². The van der Waals surface area contributed by atoms with Crippen LogP contribution < -0.4 is 5.73 Å². The van der Waals surface area contributed by atoms with Crippen molar-refractivity contribution in [3.8, 4) is 0 Å². The van der Waals surface area contributed by atoms with Gasteiger partial charge in [-0.15, -0.1) is 0 Å². The monoisotopic (exact) mass is 259 g/mol. The van der Waals surface area contributed by atoms with Gasteiger partial charge in [0.05, 0.1) is 0 Å². The van der Waals surface area contributed by atoms with E-state index in [1.165, 1.54) is 0 Å². The summed E-state index contributed by atoms with van der Waals surface area (Å²) in [6.45, 7) is 0. The molecule has 0 fully saturated rings. The van der Waals surface area contributed by atoms with Crippen LogP contribution in [0.25, 0.3) is 10.4 Å². The zero-order valence-electron chi connectivity index (χ0n) is 8.35. The fourth-order valence-electron chi connectivity index (χ4n) is 0.759. The number of rotatable bonds is 2. The number of nitrogen functional groups attached to an aromatic ring is 1. The topological polar surface area (TPSA) is 173 Å². The maximum absolute atomic E-state index is 8.74. The van der Waals surface area contributed by atoms with Crippen LogP contribution in [0.3, 0.4) is 0 Å². The molecule has 0 amide bonds. The number of amidine groups is 1. The second kappa shape index (κ2) is 6.45. The number of nitrogens with two attached hydrogens (primary N) is 1. The Morgan fingerprint density at radius 2 is 1.76 bits per heavy atom. The predicted molar refractivity (Wildman–Crippen MR) is 60.4 cm³/mol. The molecule has 92 valence electrons. The minimum atomic E-state index is -4.67. The smallest absolute Gasteiger partial charge is 0.384 e. The van der Waals surface area contributed by atoms with Crippen molar-refractivity contribution >= 4 is 21.9 Å². The molecule has 0 aliphatic carbocycles. The van der Waals surface area contributed by atoms with E-state index < -0.39 is 10.4 Å². The minimum Gasteiger partial charge on any atom is -0.384 e. The van der Waals surface area contributed by atoms with Crippen molar-refractivity contribution in [2.24, 2.45) is 10.8 Å². The number of hydrogen-bond acceptors (Lipinski definition) is 4. The van der Waals surface area contributed by atoms with Crippen LogP contribution in [0.2, 0.25) is 0 Å². The molecule has 1 aromatic carbocycles. The average molecular weight is 259 g/mol. The van der Waals surface area contributed by atoms with Gasteiger partial charge in [-0.2, -0.15) is 8.42 Å². The average Bonchev–Trinajstić information content (AvgIpc) is 2.16. The summed E-state index contributed by atoms with van der Waals surface area (Å²) in [6.07, 6.45) is 0. The maximum atomic E-state index is 8.74. The lowest BCUT2D eigenvalue weighted by Crippen LogP contribution is -2.10. The SMILES string of the molecule is O=S(=O)(O)O.[N-]=[N+]=Nc1ccc(C(=N)N)cc1. The molecular formula is C7H9N5O4S. The molecule has 0 unspecified atom stereocenters. The predicted octanol–water partition coefficient (Wildman–Crippen LogP) is 1.26. The molecule has 9 nitrogen and oxygen atoms in total. The number of benzene rings is 1. The molecule has 0 aromatic heterocycles. The fraction of sp³-hybridized carbons (Fsp3) is 0. The van der Waals surface area contributed by atoms with Gasteiger partial charge in [0.25, 0.3) is 0 Å². The van der Waals surface area contributed by atoms with Crippen molar-refractivity contribution < 1.29 is 17.5 Å². The van der Waals surface area contributed by atoms with Gasteiger partial charge in [0.15, 0.2) is 0 Å². The number of hydrogen-bond donors (Lipinski definition) is 4. The van der Waals surface area contributed by atoms with Crippen LogP contribution in [0.4, 0.5) is 5.69 Å². The van der Waals surface area contributed by atoms with Gasteiger partial charge in [-0.25, -0.2) is 0 Å². The lowest BCUT2D eigenvalue weighted by Gasteiger charge is -1.96. The Balaban J connectivity index is 0.000000437. The summed E-state index contributed by atoms with van der Waals surface area (Å²) < 4.78 is 31.6. The van der Waals surface area contributed by atoms with Gasteiger partial charge in [-0.3, -0.25) is 14.5 Å². The van der Waals surface area contributed by atoms with Gasteiger partial charge < -0.3 is 5.73 Å². The Morgan fingerprint density at radius 3 is 2.06 bits per heavy atom. The highest BCUT2D eigenvalue weighted by Gasteiger charge is 1.94. The van der Waals surface area contributed by atoms with E-state index in [4.69, 9.17) is 34.2 Å². The molecule has 0 radical (unpaired) electrons. The Bertz CT molecular complexity index is 503. The largest absolute Gasteiger partial charge is 0.394 e. The zero-order valence-corrected chi connectivity index (χ0v) is 9.16.